The first-order valence-corrected chi connectivity index (χ1v) is 9.60. The number of H-pyrrole nitrogens is 1. The molecule has 0 amide bonds. The van der Waals surface area contributed by atoms with E-state index in [2.05, 4.69) is 35.5 Å². The van der Waals surface area contributed by atoms with Crippen molar-refractivity contribution in [1.29, 1.82) is 0 Å². The minimum atomic E-state index is 0.0899. The minimum Gasteiger partial charge on any atom is -0.359 e. The summed E-state index contributed by atoms with van der Waals surface area (Å²) in [7, 11) is 0. The van der Waals surface area contributed by atoms with Crippen LogP contribution in [0.1, 0.15) is 54.8 Å². The lowest BCUT2D eigenvalue weighted by Gasteiger charge is -2.23. The van der Waals surface area contributed by atoms with Crippen LogP contribution in [0.15, 0.2) is 22.9 Å². The van der Waals surface area contributed by atoms with Gasteiger partial charge in [-0.15, -0.1) is 0 Å². The largest absolute Gasteiger partial charge is 0.359 e. The molecule has 2 aliphatic rings. The topological polar surface area (TPSA) is 95.8 Å². The van der Waals surface area contributed by atoms with Gasteiger partial charge in [0.2, 0.25) is 5.95 Å². The molecule has 2 fully saturated rings. The second kappa shape index (κ2) is 6.53. The average molecular weight is 386 g/mol. The van der Waals surface area contributed by atoms with Crippen molar-refractivity contribution in [2.24, 2.45) is 0 Å². The van der Waals surface area contributed by atoms with Crippen molar-refractivity contribution in [3.8, 4) is 0 Å². The highest BCUT2D eigenvalue weighted by Gasteiger charge is 2.31. The van der Waals surface area contributed by atoms with Gasteiger partial charge in [0.15, 0.2) is 17.4 Å². The maximum atomic E-state index is 6.32. The summed E-state index contributed by atoms with van der Waals surface area (Å²) in [6, 6.07) is 4.08. The van der Waals surface area contributed by atoms with Gasteiger partial charge in [0.25, 0.3) is 0 Å². The molecule has 8 nitrogen and oxygen atoms in total. The molecule has 0 radical (unpaired) electrons. The number of halogens is 1. The quantitative estimate of drug-likeness (QED) is 0.682. The normalized spacial score (nSPS) is 19.6. The molecule has 4 heterocycles. The summed E-state index contributed by atoms with van der Waals surface area (Å²) in [5, 5.41) is 15.1. The predicted octanol–water partition coefficient (Wildman–Crippen LogP) is 4.11. The van der Waals surface area contributed by atoms with Crippen LogP contribution < -0.4 is 10.2 Å². The van der Waals surface area contributed by atoms with E-state index < -0.39 is 0 Å². The summed E-state index contributed by atoms with van der Waals surface area (Å²) < 4.78 is 5.48. The molecule has 5 rings (SSSR count). The maximum absolute atomic E-state index is 6.32. The van der Waals surface area contributed by atoms with E-state index >= 15 is 0 Å². The SMILES string of the molecule is Cc1cc(C2CCCN2c2ncc(Cl)c(Nc3cc(C4CC4)[nH]n3)n2)on1. The van der Waals surface area contributed by atoms with Gasteiger partial charge in [0.05, 0.1) is 17.9 Å². The van der Waals surface area contributed by atoms with E-state index in [1.54, 1.807) is 6.20 Å². The van der Waals surface area contributed by atoms with Gasteiger partial charge in [-0.2, -0.15) is 10.1 Å². The highest BCUT2D eigenvalue weighted by Crippen LogP contribution is 2.40. The molecule has 1 saturated carbocycles. The molecule has 1 saturated heterocycles. The van der Waals surface area contributed by atoms with Crippen molar-refractivity contribution in [3.05, 3.63) is 40.5 Å². The van der Waals surface area contributed by atoms with Gasteiger partial charge >= 0.3 is 0 Å². The van der Waals surface area contributed by atoms with Crippen LogP contribution in [0, 0.1) is 6.92 Å². The van der Waals surface area contributed by atoms with Crippen molar-refractivity contribution in [3.63, 3.8) is 0 Å². The summed E-state index contributed by atoms with van der Waals surface area (Å²) in [5.41, 5.74) is 2.03. The molecule has 140 valence electrons. The van der Waals surface area contributed by atoms with E-state index in [0.29, 0.717) is 28.5 Å². The third kappa shape index (κ3) is 3.25. The van der Waals surface area contributed by atoms with Crippen molar-refractivity contribution in [2.75, 3.05) is 16.8 Å². The van der Waals surface area contributed by atoms with Gasteiger partial charge < -0.3 is 14.7 Å². The lowest BCUT2D eigenvalue weighted by Crippen LogP contribution is -2.24. The molecule has 1 atom stereocenters. The van der Waals surface area contributed by atoms with Crippen molar-refractivity contribution < 1.29 is 4.52 Å². The lowest BCUT2D eigenvalue weighted by atomic mass is 10.1. The van der Waals surface area contributed by atoms with E-state index in [0.717, 1.165) is 36.5 Å². The number of hydrogen-bond donors (Lipinski definition) is 2. The fourth-order valence-corrected chi connectivity index (χ4v) is 3.69. The molecule has 0 aromatic carbocycles. The Morgan fingerprint density at radius 1 is 1.30 bits per heavy atom. The fraction of sp³-hybridized carbons (Fsp3) is 0.444. The predicted molar refractivity (Wildman–Crippen MR) is 101 cm³/mol. The number of aryl methyl sites for hydroxylation is 1. The van der Waals surface area contributed by atoms with Gasteiger partial charge in [-0.3, -0.25) is 5.10 Å². The highest BCUT2D eigenvalue weighted by atomic mass is 35.5. The summed E-state index contributed by atoms with van der Waals surface area (Å²) >= 11 is 6.32. The number of hydrogen-bond acceptors (Lipinski definition) is 7. The van der Waals surface area contributed by atoms with Crippen molar-refractivity contribution >= 4 is 29.2 Å². The smallest absolute Gasteiger partial charge is 0.228 e. The fourth-order valence-electron chi connectivity index (χ4n) is 3.55. The molecule has 3 aromatic rings. The lowest BCUT2D eigenvalue weighted by molar-refractivity contribution is 0.357. The summed E-state index contributed by atoms with van der Waals surface area (Å²) in [4.78, 5) is 11.2. The number of aromatic nitrogens is 5. The Bertz CT molecular complexity index is 964. The summed E-state index contributed by atoms with van der Waals surface area (Å²) in [6.45, 7) is 2.78. The molecule has 27 heavy (non-hydrogen) atoms. The van der Waals surface area contributed by atoms with E-state index in [-0.39, 0.29) is 6.04 Å². The monoisotopic (exact) mass is 385 g/mol. The second-order valence-electron chi connectivity index (χ2n) is 7.20. The molecule has 9 heteroatoms. The summed E-state index contributed by atoms with van der Waals surface area (Å²) in [5.74, 6) is 3.35. The molecule has 3 aromatic heterocycles. The highest BCUT2D eigenvalue weighted by molar-refractivity contribution is 6.32. The Morgan fingerprint density at radius 3 is 2.96 bits per heavy atom. The van der Waals surface area contributed by atoms with Crippen LogP contribution in [0.4, 0.5) is 17.6 Å². The van der Waals surface area contributed by atoms with Crippen molar-refractivity contribution in [2.45, 2.75) is 44.6 Å². The van der Waals surface area contributed by atoms with Gasteiger partial charge in [0, 0.05) is 30.3 Å². The van der Waals surface area contributed by atoms with E-state index in [1.165, 1.54) is 12.8 Å². The van der Waals surface area contributed by atoms with Gasteiger partial charge in [-0.05, 0) is 32.6 Å². The molecule has 1 aliphatic heterocycles. The van der Waals surface area contributed by atoms with Crippen LogP contribution in [0.25, 0.3) is 0 Å². The van der Waals surface area contributed by atoms with E-state index in [1.807, 2.05) is 19.1 Å². The Balaban J connectivity index is 1.40. The molecule has 1 aliphatic carbocycles. The number of nitrogens with one attached hydrogen (secondary N) is 2. The van der Waals surface area contributed by atoms with Gasteiger partial charge in [0.1, 0.15) is 5.02 Å². The van der Waals surface area contributed by atoms with Crippen LogP contribution >= 0.6 is 11.6 Å². The van der Waals surface area contributed by atoms with Crippen LogP contribution in [0.2, 0.25) is 5.02 Å². The Morgan fingerprint density at radius 2 is 2.19 bits per heavy atom. The molecular formula is C18H20ClN7O. The van der Waals surface area contributed by atoms with Crippen LogP contribution in [0.3, 0.4) is 0 Å². The third-order valence-electron chi connectivity index (χ3n) is 5.08. The number of anilines is 3. The number of nitrogens with zero attached hydrogens (tertiary/aromatic N) is 5. The molecule has 2 N–H and O–H groups in total. The zero-order valence-corrected chi connectivity index (χ0v) is 15.7. The van der Waals surface area contributed by atoms with Crippen LogP contribution in [0.5, 0.6) is 0 Å². The van der Waals surface area contributed by atoms with Crippen LogP contribution in [-0.4, -0.2) is 31.9 Å². The number of rotatable bonds is 5. The Labute approximate surface area is 161 Å². The Kier molecular flexibility index (Phi) is 4.00. The maximum Gasteiger partial charge on any atom is 0.228 e. The van der Waals surface area contributed by atoms with Crippen molar-refractivity contribution in [1.82, 2.24) is 25.3 Å². The first kappa shape index (κ1) is 16.6. The third-order valence-corrected chi connectivity index (χ3v) is 5.35. The van der Waals surface area contributed by atoms with Gasteiger partial charge in [-0.25, -0.2) is 4.98 Å². The van der Waals surface area contributed by atoms with E-state index in [9.17, 15) is 0 Å². The zero-order valence-electron chi connectivity index (χ0n) is 14.9. The Hall–Kier alpha value is -2.61. The summed E-state index contributed by atoms with van der Waals surface area (Å²) in [6.07, 6.45) is 6.09. The molecule has 0 spiro atoms. The average Bonchev–Trinajstić information content (AvgIpc) is 3.06. The minimum absolute atomic E-state index is 0.0899. The van der Waals surface area contributed by atoms with Crippen LogP contribution in [-0.2, 0) is 0 Å². The number of aromatic amines is 1. The molecular weight excluding hydrogens is 366 g/mol. The first-order chi connectivity index (χ1) is 13.2. The second-order valence-corrected chi connectivity index (χ2v) is 7.60. The van der Waals surface area contributed by atoms with E-state index in [4.69, 9.17) is 16.1 Å². The zero-order chi connectivity index (χ0) is 18.4. The molecule has 1 unspecified atom stereocenters. The van der Waals surface area contributed by atoms with Gasteiger partial charge in [-0.1, -0.05) is 16.8 Å². The first-order valence-electron chi connectivity index (χ1n) is 9.22. The molecule has 0 bridgehead atoms. The standard InChI is InChI=1S/C18H20ClN7O/c1-10-7-15(27-25-10)14-3-2-6-26(14)18-20-9-12(19)17(22-18)21-16-8-13(23-24-16)11-4-5-11/h7-9,11,14H,2-6H2,1H3,(H2,20,21,22,23,24).